The predicted molar refractivity (Wildman–Crippen MR) is 71.3 cm³/mol. The molecule has 2 N–H and O–H groups in total. The van der Waals surface area contributed by atoms with E-state index < -0.39 is 6.09 Å². The van der Waals surface area contributed by atoms with Crippen LogP contribution >= 0.6 is 15.9 Å². The molecule has 1 atom stereocenters. The predicted octanol–water partition coefficient (Wildman–Crippen LogP) is 2.94. The summed E-state index contributed by atoms with van der Waals surface area (Å²) in [6, 6.07) is 6.11. The number of nitrogens with two attached hydrogens (primary N) is 1. The first-order chi connectivity index (χ1) is 8.68. The quantitative estimate of drug-likeness (QED) is 0.933. The van der Waals surface area contributed by atoms with E-state index in [1.54, 1.807) is 0 Å². The number of primary amides is 1. The first kappa shape index (κ1) is 13.4. The maximum absolute atomic E-state index is 10.6. The minimum Gasteiger partial charge on any atom is -0.450 e. The van der Waals surface area contributed by atoms with Crippen molar-refractivity contribution in [2.24, 2.45) is 5.73 Å². The van der Waals surface area contributed by atoms with Crippen molar-refractivity contribution in [1.82, 2.24) is 0 Å². The first-order valence-corrected chi connectivity index (χ1v) is 6.79. The fourth-order valence-corrected chi connectivity index (χ4v) is 2.79. The van der Waals surface area contributed by atoms with Crippen LogP contribution in [0.1, 0.15) is 30.1 Å². The summed E-state index contributed by atoms with van der Waals surface area (Å²) in [5.74, 6) is 0. The van der Waals surface area contributed by atoms with Gasteiger partial charge in [0.2, 0.25) is 0 Å². The lowest BCUT2D eigenvalue weighted by molar-refractivity contribution is 0.0352. The molecule has 0 bridgehead atoms. The molecule has 1 aromatic carbocycles. The maximum Gasteiger partial charge on any atom is 0.404 e. The van der Waals surface area contributed by atoms with Crippen LogP contribution in [0.25, 0.3) is 0 Å². The maximum atomic E-state index is 10.6. The van der Waals surface area contributed by atoms with Gasteiger partial charge in [0.1, 0.15) is 0 Å². The zero-order valence-corrected chi connectivity index (χ0v) is 11.6. The van der Waals surface area contributed by atoms with Crippen LogP contribution in [0.3, 0.4) is 0 Å². The van der Waals surface area contributed by atoms with Gasteiger partial charge in [-0.1, -0.05) is 28.1 Å². The molecule has 0 aliphatic carbocycles. The summed E-state index contributed by atoms with van der Waals surface area (Å²) in [6.07, 6.45) is 1.87. The van der Waals surface area contributed by atoms with Gasteiger partial charge in [0, 0.05) is 17.5 Å². The third kappa shape index (κ3) is 3.23. The number of carbonyl (C=O) groups is 1. The molecular weight excluding hydrogens is 298 g/mol. The molecule has 0 saturated carbocycles. The molecule has 4 nitrogen and oxygen atoms in total. The van der Waals surface area contributed by atoms with E-state index in [2.05, 4.69) is 22.0 Å². The molecule has 1 aromatic rings. The fraction of sp³-hybridized carbons (Fsp3) is 0.462. The normalized spacial score (nSPS) is 18.8. The van der Waals surface area contributed by atoms with E-state index in [0.717, 1.165) is 23.9 Å². The lowest BCUT2D eigenvalue weighted by Gasteiger charge is -2.18. The highest BCUT2D eigenvalue weighted by atomic mass is 79.9. The molecule has 1 aliphatic heterocycles. The van der Waals surface area contributed by atoms with Crippen LogP contribution in [-0.4, -0.2) is 19.3 Å². The number of hydrogen-bond acceptors (Lipinski definition) is 3. The molecule has 98 valence electrons. The van der Waals surface area contributed by atoms with Crippen LogP contribution in [0.4, 0.5) is 4.79 Å². The molecule has 0 saturated heterocycles. The largest absolute Gasteiger partial charge is 0.450 e. The molecule has 1 amide bonds. The zero-order chi connectivity index (χ0) is 13.0. The fourth-order valence-electron chi connectivity index (χ4n) is 2.21. The molecule has 1 heterocycles. The number of carbonyl (C=O) groups excluding carboxylic acids is 1. The van der Waals surface area contributed by atoms with Gasteiger partial charge in [0.15, 0.2) is 0 Å². The van der Waals surface area contributed by atoms with Crippen molar-refractivity contribution in [2.45, 2.75) is 25.4 Å². The van der Waals surface area contributed by atoms with E-state index in [1.807, 2.05) is 12.1 Å². The van der Waals surface area contributed by atoms with Crippen molar-refractivity contribution in [3.05, 3.63) is 33.8 Å². The lowest BCUT2D eigenvalue weighted by atomic mass is 9.98. The Balaban J connectivity index is 2.12. The van der Waals surface area contributed by atoms with Gasteiger partial charge in [-0.2, -0.15) is 0 Å². The molecule has 18 heavy (non-hydrogen) atoms. The van der Waals surface area contributed by atoms with Crippen molar-refractivity contribution in [3.63, 3.8) is 0 Å². The van der Waals surface area contributed by atoms with E-state index in [0.29, 0.717) is 6.42 Å². The summed E-state index contributed by atoms with van der Waals surface area (Å²) in [5.41, 5.74) is 7.41. The number of benzene rings is 1. The summed E-state index contributed by atoms with van der Waals surface area (Å²) in [7, 11) is 0. The summed E-state index contributed by atoms with van der Waals surface area (Å²) in [5, 5.41) is 0. The average molecular weight is 314 g/mol. The Morgan fingerprint density at radius 3 is 3.17 bits per heavy atom. The second-order valence-corrected chi connectivity index (χ2v) is 5.08. The number of hydrogen-bond donors (Lipinski definition) is 1. The van der Waals surface area contributed by atoms with E-state index in [1.165, 1.54) is 11.1 Å². The molecule has 2 rings (SSSR count). The number of halogens is 1. The van der Waals surface area contributed by atoms with Crippen LogP contribution in [0.2, 0.25) is 0 Å². The standard InChI is InChI=1S/C13H16BrNO3/c14-11-5-1-3-10-9(11)4-2-7-17-12(10)6-8-18-13(15)16/h1,3,5,12H,2,4,6-8H2,(H2,15,16). The van der Waals surface area contributed by atoms with Crippen LogP contribution in [0, 0.1) is 0 Å². The van der Waals surface area contributed by atoms with Gasteiger partial charge < -0.3 is 15.2 Å². The summed E-state index contributed by atoms with van der Waals surface area (Å²) >= 11 is 3.57. The van der Waals surface area contributed by atoms with Gasteiger partial charge >= 0.3 is 6.09 Å². The Bertz CT molecular complexity index is 436. The van der Waals surface area contributed by atoms with Gasteiger partial charge in [0.25, 0.3) is 0 Å². The van der Waals surface area contributed by atoms with Crippen molar-refractivity contribution >= 4 is 22.0 Å². The lowest BCUT2D eigenvalue weighted by Crippen LogP contribution is -2.16. The van der Waals surface area contributed by atoms with Gasteiger partial charge in [-0.25, -0.2) is 4.79 Å². The highest BCUT2D eigenvalue weighted by Gasteiger charge is 2.20. The Hall–Kier alpha value is -1.07. The Kier molecular flexibility index (Phi) is 4.60. The van der Waals surface area contributed by atoms with E-state index in [-0.39, 0.29) is 12.7 Å². The second-order valence-electron chi connectivity index (χ2n) is 4.23. The Morgan fingerprint density at radius 2 is 2.39 bits per heavy atom. The van der Waals surface area contributed by atoms with Crippen LogP contribution < -0.4 is 5.73 Å². The van der Waals surface area contributed by atoms with Crippen molar-refractivity contribution in [3.8, 4) is 0 Å². The van der Waals surface area contributed by atoms with E-state index in [9.17, 15) is 4.79 Å². The van der Waals surface area contributed by atoms with Crippen LogP contribution in [0.15, 0.2) is 22.7 Å². The van der Waals surface area contributed by atoms with E-state index in [4.69, 9.17) is 15.2 Å². The van der Waals surface area contributed by atoms with Crippen LogP contribution in [-0.2, 0) is 15.9 Å². The number of rotatable bonds is 3. The smallest absolute Gasteiger partial charge is 0.404 e. The molecule has 0 radical (unpaired) electrons. The average Bonchev–Trinajstić information content (AvgIpc) is 2.53. The topological polar surface area (TPSA) is 61.6 Å². The van der Waals surface area contributed by atoms with Crippen LogP contribution in [0.5, 0.6) is 0 Å². The molecule has 0 aromatic heterocycles. The van der Waals surface area contributed by atoms with Gasteiger partial charge in [0.05, 0.1) is 12.7 Å². The van der Waals surface area contributed by atoms with Gasteiger partial charge in [-0.3, -0.25) is 0 Å². The summed E-state index contributed by atoms with van der Waals surface area (Å²) in [4.78, 5) is 10.6. The molecule has 0 fully saturated rings. The van der Waals surface area contributed by atoms with Crippen molar-refractivity contribution < 1.29 is 14.3 Å². The van der Waals surface area contributed by atoms with Crippen molar-refractivity contribution in [2.75, 3.05) is 13.2 Å². The number of amides is 1. The Morgan fingerprint density at radius 1 is 1.56 bits per heavy atom. The van der Waals surface area contributed by atoms with Gasteiger partial charge in [-0.05, 0) is 30.0 Å². The monoisotopic (exact) mass is 313 g/mol. The highest BCUT2D eigenvalue weighted by Crippen LogP contribution is 2.33. The number of fused-ring (bicyclic) bond motifs is 1. The SMILES string of the molecule is NC(=O)OCCC1OCCCc2c(Br)cccc21. The molecule has 0 spiro atoms. The van der Waals surface area contributed by atoms with Crippen molar-refractivity contribution in [1.29, 1.82) is 0 Å². The molecular formula is C13H16BrNO3. The minimum atomic E-state index is -0.738. The molecule has 1 aliphatic rings. The molecule has 5 heteroatoms. The number of ether oxygens (including phenoxy) is 2. The minimum absolute atomic E-state index is 0.0284. The second kappa shape index (κ2) is 6.20. The first-order valence-electron chi connectivity index (χ1n) is 5.99. The Labute approximate surface area is 115 Å². The van der Waals surface area contributed by atoms with E-state index >= 15 is 0 Å². The highest BCUT2D eigenvalue weighted by molar-refractivity contribution is 9.10. The third-order valence-electron chi connectivity index (χ3n) is 3.02. The molecule has 1 unspecified atom stereocenters. The summed E-state index contributed by atoms with van der Waals surface area (Å²) in [6.45, 7) is 1.01. The zero-order valence-electron chi connectivity index (χ0n) is 10.0. The third-order valence-corrected chi connectivity index (χ3v) is 3.76. The summed E-state index contributed by atoms with van der Waals surface area (Å²) < 4.78 is 11.7. The van der Waals surface area contributed by atoms with Gasteiger partial charge in [-0.15, -0.1) is 0 Å².